The van der Waals surface area contributed by atoms with Gasteiger partial charge in [0.15, 0.2) is 0 Å². The highest BCUT2D eigenvalue weighted by atomic mass is 16.6. The second-order valence-corrected chi connectivity index (χ2v) is 5.51. The van der Waals surface area contributed by atoms with Gasteiger partial charge in [-0.15, -0.1) is 0 Å². The van der Waals surface area contributed by atoms with Gasteiger partial charge in [0.2, 0.25) is 0 Å². The lowest BCUT2D eigenvalue weighted by Gasteiger charge is -2.11. The van der Waals surface area contributed by atoms with Crippen molar-refractivity contribution in [3.05, 3.63) is 33.9 Å². The number of hydrogen-bond donors (Lipinski definition) is 2. The number of nitrogens with one attached hydrogen (secondary N) is 1. The maximum absolute atomic E-state index is 11.1. The van der Waals surface area contributed by atoms with Gasteiger partial charge in [0.25, 0.3) is 5.69 Å². The highest BCUT2D eigenvalue weighted by Gasteiger charge is 2.16. The molecule has 1 aliphatic rings. The lowest BCUT2D eigenvalue weighted by molar-refractivity contribution is -0.384. The average Bonchev–Trinajstić information content (AvgIpc) is 2.96. The van der Waals surface area contributed by atoms with Gasteiger partial charge >= 0.3 is 5.97 Å². The molecule has 6 heteroatoms. The van der Waals surface area contributed by atoms with Crippen LogP contribution in [0.3, 0.4) is 0 Å². The van der Waals surface area contributed by atoms with Crippen LogP contribution in [0.25, 0.3) is 0 Å². The molecule has 0 radical (unpaired) electrons. The van der Waals surface area contributed by atoms with Gasteiger partial charge in [-0.3, -0.25) is 10.1 Å². The number of non-ortho nitro benzene ring substituents is 1. The highest BCUT2D eigenvalue weighted by Crippen LogP contribution is 2.28. The summed E-state index contributed by atoms with van der Waals surface area (Å²) in [5.41, 5.74) is 0.294. The van der Waals surface area contributed by atoms with Gasteiger partial charge < -0.3 is 10.4 Å². The molecule has 0 bridgehead atoms. The van der Waals surface area contributed by atoms with Gasteiger partial charge in [-0.25, -0.2) is 4.79 Å². The molecule has 1 aliphatic carbocycles. The summed E-state index contributed by atoms with van der Waals surface area (Å²) in [5.74, 6) is -0.293. The Labute approximate surface area is 123 Å². The molecule has 1 fully saturated rings. The summed E-state index contributed by atoms with van der Waals surface area (Å²) >= 11 is 0. The zero-order valence-corrected chi connectivity index (χ0v) is 11.9. The Morgan fingerprint density at radius 1 is 1.38 bits per heavy atom. The standard InChI is InChI=1S/C15H20N2O4/c18-15(19)13-8-7-12(17(20)21)10-14(13)16-9-3-6-11-4-1-2-5-11/h7-8,10-11,16H,1-6,9H2,(H,18,19). The normalized spacial score (nSPS) is 15.0. The molecule has 2 N–H and O–H groups in total. The molecule has 6 nitrogen and oxygen atoms in total. The van der Waals surface area contributed by atoms with Crippen LogP contribution in [0, 0.1) is 16.0 Å². The van der Waals surface area contributed by atoms with Crippen molar-refractivity contribution in [2.75, 3.05) is 11.9 Å². The third-order valence-corrected chi connectivity index (χ3v) is 4.02. The Hall–Kier alpha value is -2.11. The molecule has 1 saturated carbocycles. The topological polar surface area (TPSA) is 92.5 Å². The van der Waals surface area contributed by atoms with Crippen LogP contribution < -0.4 is 5.32 Å². The fourth-order valence-electron chi connectivity index (χ4n) is 2.89. The number of carboxylic acids is 1. The maximum Gasteiger partial charge on any atom is 0.337 e. The molecule has 1 aromatic rings. The molecule has 0 unspecified atom stereocenters. The van der Waals surface area contributed by atoms with Crippen molar-refractivity contribution in [2.24, 2.45) is 5.92 Å². The monoisotopic (exact) mass is 292 g/mol. The van der Waals surface area contributed by atoms with Crippen LogP contribution in [-0.2, 0) is 0 Å². The van der Waals surface area contributed by atoms with E-state index in [4.69, 9.17) is 5.11 Å². The van der Waals surface area contributed by atoms with Crippen LogP contribution in [-0.4, -0.2) is 22.5 Å². The van der Waals surface area contributed by atoms with Gasteiger partial charge in [-0.2, -0.15) is 0 Å². The number of nitrogens with zero attached hydrogens (tertiary/aromatic N) is 1. The van der Waals surface area contributed by atoms with Crippen molar-refractivity contribution in [3.8, 4) is 0 Å². The van der Waals surface area contributed by atoms with Crippen molar-refractivity contribution in [3.63, 3.8) is 0 Å². The molecule has 0 aromatic heterocycles. The molecule has 1 aromatic carbocycles. The summed E-state index contributed by atoms with van der Waals surface area (Å²) in [7, 11) is 0. The number of aromatic carboxylic acids is 1. The van der Waals surface area contributed by atoms with E-state index in [1.807, 2.05) is 0 Å². The number of rotatable bonds is 7. The number of hydrogen-bond acceptors (Lipinski definition) is 4. The number of nitro groups is 1. The minimum Gasteiger partial charge on any atom is -0.478 e. The van der Waals surface area contributed by atoms with Gasteiger partial charge in [0, 0.05) is 18.7 Å². The van der Waals surface area contributed by atoms with E-state index in [0.717, 1.165) is 18.8 Å². The summed E-state index contributed by atoms with van der Waals surface area (Å²) in [5, 5.41) is 22.9. The molecule has 0 atom stereocenters. The summed E-state index contributed by atoms with van der Waals surface area (Å²) in [6.45, 7) is 0.637. The lowest BCUT2D eigenvalue weighted by Crippen LogP contribution is -2.09. The number of benzene rings is 1. The Balaban J connectivity index is 1.94. The maximum atomic E-state index is 11.1. The first-order chi connectivity index (χ1) is 10.1. The van der Waals surface area contributed by atoms with E-state index in [1.165, 1.54) is 43.9 Å². The van der Waals surface area contributed by atoms with E-state index in [2.05, 4.69) is 5.32 Å². The Morgan fingerprint density at radius 2 is 2.10 bits per heavy atom. The number of nitro benzene ring substituents is 1. The SMILES string of the molecule is O=C(O)c1ccc([N+](=O)[O-])cc1NCCCC1CCCC1. The molecule has 0 amide bonds. The first-order valence-electron chi connectivity index (χ1n) is 7.33. The van der Waals surface area contributed by atoms with Crippen molar-refractivity contribution in [1.29, 1.82) is 0 Å². The highest BCUT2D eigenvalue weighted by molar-refractivity contribution is 5.94. The Bertz CT molecular complexity index is 524. The van der Waals surface area contributed by atoms with Crippen LogP contribution in [0.1, 0.15) is 48.9 Å². The third kappa shape index (κ3) is 4.18. The smallest absolute Gasteiger partial charge is 0.337 e. The molecule has 0 saturated heterocycles. The second kappa shape index (κ2) is 7.06. The predicted molar refractivity (Wildman–Crippen MR) is 79.7 cm³/mol. The fourth-order valence-corrected chi connectivity index (χ4v) is 2.89. The van der Waals surface area contributed by atoms with Crippen molar-refractivity contribution in [1.82, 2.24) is 0 Å². The molecule has 0 aliphatic heterocycles. The van der Waals surface area contributed by atoms with Crippen LogP contribution in [0.15, 0.2) is 18.2 Å². The Morgan fingerprint density at radius 3 is 2.71 bits per heavy atom. The van der Waals surface area contributed by atoms with Crippen LogP contribution in [0.2, 0.25) is 0 Å². The van der Waals surface area contributed by atoms with Gasteiger partial charge in [0.1, 0.15) is 0 Å². The molecule has 21 heavy (non-hydrogen) atoms. The van der Waals surface area contributed by atoms with Crippen molar-refractivity contribution >= 4 is 17.3 Å². The van der Waals surface area contributed by atoms with Crippen LogP contribution >= 0.6 is 0 Å². The van der Waals surface area contributed by atoms with E-state index < -0.39 is 10.9 Å². The van der Waals surface area contributed by atoms with E-state index in [0.29, 0.717) is 12.2 Å². The van der Waals surface area contributed by atoms with Crippen LogP contribution in [0.5, 0.6) is 0 Å². The molecule has 114 valence electrons. The minimum absolute atomic E-state index is 0.0708. The molecule has 2 rings (SSSR count). The van der Waals surface area contributed by atoms with Crippen molar-refractivity contribution < 1.29 is 14.8 Å². The largest absolute Gasteiger partial charge is 0.478 e. The van der Waals surface area contributed by atoms with Crippen LogP contribution in [0.4, 0.5) is 11.4 Å². The first-order valence-corrected chi connectivity index (χ1v) is 7.33. The Kier molecular flexibility index (Phi) is 5.14. The summed E-state index contributed by atoms with van der Waals surface area (Å²) in [4.78, 5) is 21.4. The first kappa shape index (κ1) is 15.3. The molecule has 0 heterocycles. The predicted octanol–water partition coefficient (Wildman–Crippen LogP) is 3.68. The van der Waals surface area contributed by atoms with E-state index in [1.54, 1.807) is 0 Å². The minimum atomic E-state index is -1.08. The summed E-state index contributed by atoms with van der Waals surface area (Å²) < 4.78 is 0. The van der Waals surface area contributed by atoms with Gasteiger partial charge in [0.05, 0.1) is 16.2 Å². The molecular weight excluding hydrogens is 272 g/mol. The van der Waals surface area contributed by atoms with E-state index in [-0.39, 0.29) is 11.3 Å². The quantitative estimate of drug-likeness (QED) is 0.454. The van der Waals surface area contributed by atoms with Gasteiger partial charge in [-0.05, 0) is 24.8 Å². The van der Waals surface area contributed by atoms with Gasteiger partial charge in [-0.1, -0.05) is 25.7 Å². The van der Waals surface area contributed by atoms with E-state index in [9.17, 15) is 14.9 Å². The summed E-state index contributed by atoms with van der Waals surface area (Å²) in [6, 6.07) is 3.78. The zero-order chi connectivity index (χ0) is 15.2. The number of carboxylic acid groups (broad SMARTS) is 1. The third-order valence-electron chi connectivity index (χ3n) is 4.02. The molecule has 0 spiro atoms. The number of anilines is 1. The summed E-state index contributed by atoms with van der Waals surface area (Å²) in [6.07, 6.45) is 7.28. The number of carbonyl (C=O) groups is 1. The molecular formula is C15H20N2O4. The average molecular weight is 292 g/mol. The van der Waals surface area contributed by atoms with E-state index >= 15 is 0 Å². The lowest BCUT2D eigenvalue weighted by atomic mass is 10.0. The second-order valence-electron chi connectivity index (χ2n) is 5.51. The van der Waals surface area contributed by atoms with Crippen molar-refractivity contribution in [2.45, 2.75) is 38.5 Å². The fraction of sp³-hybridized carbons (Fsp3) is 0.533. The zero-order valence-electron chi connectivity index (χ0n) is 11.9.